The molecule has 3 aromatic rings. The van der Waals surface area contributed by atoms with E-state index in [-0.39, 0.29) is 5.91 Å². The Morgan fingerprint density at radius 1 is 1.04 bits per heavy atom. The number of pyridine rings is 1. The highest BCUT2D eigenvalue weighted by atomic mass is 16.5. The van der Waals surface area contributed by atoms with E-state index in [1.807, 2.05) is 67.6 Å². The molecule has 0 atom stereocenters. The van der Waals surface area contributed by atoms with Gasteiger partial charge in [-0.1, -0.05) is 30.3 Å². The zero-order valence-electron chi connectivity index (χ0n) is 15.2. The van der Waals surface area contributed by atoms with Crippen molar-refractivity contribution in [1.82, 2.24) is 4.98 Å². The summed E-state index contributed by atoms with van der Waals surface area (Å²) in [5, 5.41) is 2.90. The summed E-state index contributed by atoms with van der Waals surface area (Å²) in [6, 6.07) is 19.1. The second-order valence-electron chi connectivity index (χ2n) is 6.06. The van der Waals surface area contributed by atoms with Gasteiger partial charge in [0, 0.05) is 18.1 Å². The van der Waals surface area contributed by atoms with Crippen LogP contribution in [0.2, 0.25) is 0 Å². The fourth-order valence-corrected chi connectivity index (χ4v) is 2.56. The van der Waals surface area contributed by atoms with Crippen molar-refractivity contribution in [3.05, 3.63) is 89.7 Å². The number of hydrogen-bond acceptors (Lipinski definition) is 4. The molecule has 0 aliphatic rings. The van der Waals surface area contributed by atoms with Crippen molar-refractivity contribution in [3.8, 4) is 5.75 Å². The Morgan fingerprint density at radius 2 is 1.89 bits per heavy atom. The van der Waals surface area contributed by atoms with Gasteiger partial charge in [0.15, 0.2) is 0 Å². The summed E-state index contributed by atoms with van der Waals surface area (Å²) in [7, 11) is 0. The number of ether oxygens (including phenoxy) is 2. The van der Waals surface area contributed by atoms with Crippen LogP contribution in [0.1, 0.15) is 21.5 Å². The number of aromatic nitrogens is 1. The number of para-hydroxylation sites is 1. The highest BCUT2D eigenvalue weighted by Gasteiger charge is 2.09. The van der Waals surface area contributed by atoms with Crippen LogP contribution >= 0.6 is 0 Å². The molecule has 138 valence electrons. The summed E-state index contributed by atoms with van der Waals surface area (Å²) in [5.74, 6) is 0.659. The zero-order chi connectivity index (χ0) is 18.9. The van der Waals surface area contributed by atoms with E-state index in [2.05, 4.69) is 10.3 Å². The minimum Gasteiger partial charge on any atom is -0.491 e. The van der Waals surface area contributed by atoms with Crippen molar-refractivity contribution >= 4 is 11.6 Å². The standard InChI is InChI=1S/C22H22N2O3/c1-17-10-11-23-15-21(17)22(25)24-19-7-5-6-18(14-19)16-26-12-13-27-20-8-3-2-4-9-20/h2-11,14-15H,12-13,16H2,1H3,(H,24,25). The van der Waals surface area contributed by atoms with Gasteiger partial charge >= 0.3 is 0 Å². The van der Waals surface area contributed by atoms with E-state index in [1.165, 1.54) is 0 Å². The first-order valence-corrected chi connectivity index (χ1v) is 8.79. The van der Waals surface area contributed by atoms with Crippen LogP contribution in [-0.4, -0.2) is 24.1 Å². The van der Waals surface area contributed by atoms with Crippen LogP contribution in [0.25, 0.3) is 0 Å². The molecular formula is C22H22N2O3. The average molecular weight is 362 g/mol. The Morgan fingerprint density at radius 3 is 2.70 bits per heavy atom. The molecule has 0 aliphatic carbocycles. The lowest BCUT2D eigenvalue weighted by Crippen LogP contribution is -2.14. The van der Waals surface area contributed by atoms with Gasteiger partial charge in [0.2, 0.25) is 0 Å². The van der Waals surface area contributed by atoms with Gasteiger partial charge in [0.25, 0.3) is 5.91 Å². The molecule has 1 heterocycles. The second-order valence-corrected chi connectivity index (χ2v) is 6.06. The SMILES string of the molecule is Cc1ccncc1C(=O)Nc1cccc(COCCOc2ccccc2)c1. The molecule has 0 radical (unpaired) electrons. The molecule has 5 heteroatoms. The van der Waals surface area contributed by atoms with Crippen molar-refractivity contribution in [1.29, 1.82) is 0 Å². The molecule has 0 spiro atoms. The number of carbonyl (C=O) groups is 1. The quantitative estimate of drug-likeness (QED) is 0.609. The van der Waals surface area contributed by atoms with Crippen molar-refractivity contribution in [2.75, 3.05) is 18.5 Å². The topological polar surface area (TPSA) is 60.5 Å². The van der Waals surface area contributed by atoms with Crippen LogP contribution < -0.4 is 10.1 Å². The molecule has 2 aromatic carbocycles. The molecule has 3 rings (SSSR count). The predicted molar refractivity (Wildman–Crippen MR) is 105 cm³/mol. The maximum absolute atomic E-state index is 12.4. The van der Waals surface area contributed by atoms with E-state index >= 15 is 0 Å². The summed E-state index contributed by atoms with van der Waals surface area (Å²) in [6.07, 6.45) is 3.25. The van der Waals surface area contributed by atoms with E-state index in [0.29, 0.717) is 25.4 Å². The largest absolute Gasteiger partial charge is 0.491 e. The van der Waals surface area contributed by atoms with Crippen molar-refractivity contribution < 1.29 is 14.3 Å². The summed E-state index contributed by atoms with van der Waals surface area (Å²) in [5.41, 5.74) is 3.16. The Kier molecular flexibility index (Phi) is 6.55. The number of carbonyl (C=O) groups excluding carboxylic acids is 1. The third-order valence-electron chi connectivity index (χ3n) is 3.98. The zero-order valence-corrected chi connectivity index (χ0v) is 15.2. The van der Waals surface area contributed by atoms with Crippen LogP contribution in [0.15, 0.2) is 73.1 Å². The molecule has 0 saturated heterocycles. The van der Waals surface area contributed by atoms with Gasteiger partial charge in [0.1, 0.15) is 12.4 Å². The lowest BCUT2D eigenvalue weighted by atomic mass is 10.1. The smallest absolute Gasteiger partial charge is 0.257 e. The molecule has 1 aromatic heterocycles. The summed E-state index contributed by atoms with van der Waals surface area (Å²) in [4.78, 5) is 16.4. The van der Waals surface area contributed by atoms with E-state index in [0.717, 1.165) is 22.6 Å². The minimum absolute atomic E-state index is 0.171. The maximum Gasteiger partial charge on any atom is 0.257 e. The molecule has 27 heavy (non-hydrogen) atoms. The van der Waals surface area contributed by atoms with Gasteiger partial charge in [-0.05, 0) is 48.4 Å². The Labute approximate surface area is 159 Å². The Balaban J connectivity index is 1.47. The maximum atomic E-state index is 12.4. The number of nitrogens with one attached hydrogen (secondary N) is 1. The molecule has 0 bridgehead atoms. The predicted octanol–water partition coefficient (Wildman–Crippen LogP) is 4.24. The fourth-order valence-electron chi connectivity index (χ4n) is 2.56. The van der Waals surface area contributed by atoms with Crippen molar-refractivity contribution in [2.45, 2.75) is 13.5 Å². The lowest BCUT2D eigenvalue weighted by Gasteiger charge is -2.10. The number of anilines is 1. The number of benzene rings is 2. The van der Waals surface area contributed by atoms with Crippen LogP contribution in [0.3, 0.4) is 0 Å². The summed E-state index contributed by atoms with van der Waals surface area (Å²) in [6.45, 7) is 3.31. The van der Waals surface area contributed by atoms with Crippen molar-refractivity contribution in [3.63, 3.8) is 0 Å². The highest BCUT2D eigenvalue weighted by molar-refractivity contribution is 6.05. The van der Waals surface area contributed by atoms with E-state index in [1.54, 1.807) is 12.4 Å². The molecule has 1 amide bonds. The third-order valence-corrected chi connectivity index (χ3v) is 3.98. The van der Waals surface area contributed by atoms with E-state index in [4.69, 9.17) is 9.47 Å². The molecule has 0 saturated carbocycles. The Bertz CT molecular complexity index is 881. The van der Waals surface area contributed by atoms with Crippen LogP contribution in [0, 0.1) is 6.92 Å². The van der Waals surface area contributed by atoms with E-state index < -0.39 is 0 Å². The fraction of sp³-hybridized carbons (Fsp3) is 0.182. The highest BCUT2D eigenvalue weighted by Crippen LogP contribution is 2.14. The van der Waals surface area contributed by atoms with Crippen molar-refractivity contribution in [2.24, 2.45) is 0 Å². The molecule has 0 unspecified atom stereocenters. The molecule has 1 N–H and O–H groups in total. The van der Waals surface area contributed by atoms with Gasteiger partial charge in [-0.3, -0.25) is 9.78 Å². The first kappa shape index (κ1) is 18.6. The number of amides is 1. The van der Waals surface area contributed by atoms with Crippen LogP contribution in [0.4, 0.5) is 5.69 Å². The number of aryl methyl sites for hydroxylation is 1. The van der Waals surface area contributed by atoms with Gasteiger partial charge in [-0.15, -0.1) is 0 Å². The van der Waals surface area contributed by atoms with Crippen LogP contribution in [0.5, 0.6) is 5.75 Å². The molecule has 0 fully saturated rings. The summed E-state index contributed by atoms with van der Waals surface area (Å²) < 4.78 is 11.3. The first-order chi connectivity index (χ1) is 13.2. The summed E-state index contributed by atoms with van der Waals surface area (Å²) >= 11 is 0. The normalized spacial score (nSPS) is 10.4. The van der Waals surface area contributed by atoms with Gasteiger partial charge < -0.3 is 14.8 Å². The molecular weight excluding hydrogens is 340 g/mol. The van der Waals surface area contributed by atoms with E-state index in [9.17, 15) is 4.79 Å². The monoisotopic (exact) mass is 362 g/mol. The third kappa shape index (κ3) is 5.66. The average Bonchev–Trinajstić information content (AvgIpc) is 2.69. The lowest BCUT2D eigenvalue weighted by molar-refractivity contribution is 0.0889. The number of nitrogens with zero attached hydrogens (tertiary/aromatic N) is 1. The van der Waals surface area contributed by atoms with Gasteiger partial charge in [-0.25, -0.2) is 0 Å². The van der Waals surface area contributed by atoms with Crippen LogP contribution in [-0.2, 0) is 11.3 Å². The second kappa shape index (κ2) is 9.50. The minimum atomic E-state index is -0.171. The number of hydrogen-bond donors (Lipinski definition) is 1. The van der Waals surface area contributed by atoms with Gasteiger partial charge in [0.05, 0.1) is 18.8 Å². The Hall–Kier alpha value is -3.18. The molecule has 0 aliphatic heterocycles. The van der Waals surface area contributed by atoms with Gasteiger partial charge in [-0.2, -0.15) is 0 Å². The first-order valence-electron chi connectivity index (χ1n) is 8.79. The number of rotatable bonds is 8. The molecule has 5 nitrogen and oxygen atoms in total.